The van der Waals surface area contributed by atoms with Gasteiger partial charge in [-0.05, 0) is 38.1 Å². The van der Waals surface area contributed by atoms with Gasteiger partial charge in [0, 0.05) is 12.6 Å². The third-order valence-electron chi connectivity index (χ3n) is 4.57. The number of carbonyl (C=O) groups excluding carboxylic acids is 2. The zero-order valence-electron chi connectivity index (χ0n) is 18.3. The summed E-state index contributed by atoms with van der Waals surface area (Å²) >= 11 is 0. The lowest BCUT2D eigenvalue weighted by Gasteiger charge is -2.16. The van der Waals surface area contributed by atoms with E-state index >= 15 is 0 Å². The van der Waals surface area contributed by atoms with Crippen LogP contribution in [0.3, 0.4) is 0 Å². The predicted octanol–water partition coefficient (Wildman–Crippen LogP) is 2.70. The van der Waals surface area contributed by atoms with Crippen LogP contribution in [0.4, 0.5) is 0 Å². The molecule has 2 aromatic carbocycles. The summed E-state index contributed by atoms with van der Waals surface area (Å²) in [6, 6.07) is 12.6. The molecule has 0 fully saturated rings. The Bertz CT molecular complexity index is 1240. The quantitative estimate of drug-likeness (QED) is 0.322. The third kappa shape index (κ3) is 5.82. The fourth-order valence-corrected chi connectivity index (χ4v) is 3.97. The summed E-state index contributed by atoms with van der Waals surface area (Å²) in [5, 5.41) is 3.88. The molecule has 3 aromatic rings. The number of carbonyl (C=O) groups is 2. The normalized spacial score (nSPS) is 11.4. The number of hydrogen-bond donors (Lipinski definition) is 0. The molecule has 0 aliphatic rings. The van der Waals surface area contributed by atoms with E-state index in [1.807, 2.05) is 13.0 Å². The zero-order chi connectivity index (χ0) is 24.0. The molecule has 0 saturated carbocycles. The Labute approximate surface area is 191 Å². The van der Waals surface area contributed by atoms with E-state index in [9.17, 15) is 18.0 Å². The second kappa shape index (κ2) is 10.4. The second-order valence-electron chi connectivity index (χ2n) is 6.94. The van der Waals surface area contributed by atoms with Gasteiger partial charge >= 0.3 is 5.97 Å². The summed E-state index contributed by atoms with van der Waals surface area (Å²) in [4.78, 5) is 27.7. The maximum Gasteiger partial charge on any atom is 0.321 e. The number of likely N-dealkylation sites (N-methyl/N-ethyl adjacent to an activating group) is 1. The number of nitrogens with zero attached hydrogens (tertiary/aromatic N) is 3. The van der Waals surface area contributed by atoms with E-state index in [4.69, 9.17) is 14.0 Å². The van der Waals surface area contributed by atoms with Crippen molar-refractivity contribution >= 4 is 21.8 Å². The van der Waals surface area contributed by atoms with Gasteiger partial charge in [-0.3, -0.25) is 9.59 Å². The molecule has 0 unspecified atom stereocenters. The van der Waals surface area contributed by atoms with E-state index in [1.54, 1.807) is 18.2 Å². The van der Waals surface area contributed by atoms with Crippen LogP contribution in [0.5, 0.6) is 5.75 Å². The van der Waals surface area contributed by atoms with Gasteiger partial charge in [0.25, 0.3) is 5.89 Å². The monoisotopic (exact) mass is 473 g/mol. The summed E-state index contributed by atoms with van der Waals surface area (Å²) in [6.07, 6.45) is 0. The van der Waals surface area contributed by atoms with Gasteiger partial charge in [-0.25, -0.2) is 8.42 Å². The first-order chi connectivity index (χ1) is 15.7. The van der Waals surface area contributed by atoms with Crippen LogP contribution in [0.2, 0.25) is 0 Å². The first-order valence-corrected chi connectivity index (χ1v) is 11.4. The number of ether oxygens (including phenoxy) is 2. The van der Waals surface area contributed by atoms with Crippen molar-refractivity contribution in [3.63, 3.8) is 0 Å². The Morgan fingerprint density at radius 1 is 1.09 bits per heavy atom. The smallest absolute Gasteiger partial charge is 0.321 e. The van der Waals surface area contributed by atoms with Crippen LogP contribution in [0.15, 0.2) is 57.9 Å². The maximum atomic E-state index is 12.6. The summed E-state index contributed by atoms with van der Waals surface area (Å²) in [5.74, 6) is -0.0568. The second-order valence-corrected chi connectivity index (χ2v) is 8.99. The summed E-state index contributed by atoms with van der Waals surface area (Å²) < 4.78 is 41.9. The minimum Gasteiger partial charge on any atom is -0.493 e. The SMILES string of the molecule is CCOc1ccccc1-c1noc(COC(=O)CN(C)S(=O)(=O)c2ccc(C(C)=O)cc2)n1. The van der Waals surface area contributed by atoms with Gasteiger partial charge in [-0.15, -0.1) is 0 Å². The van der Waals surface area contributed by atoms with E-state index in [0.29, 0.717) is 23.5 Å². The van der Waals surface area contributed by atoms with E-state index in [2.05, 4.69) is 10.1 Å². The molecular formula is C22H23N3O7S. The topological polar surface area (TPSA) is 129 Å². The van der Waals surface area contributed by atoms with Gasteiger partial charge < -0.3 is 14.0 Å². The molecule has 3 rings (SSSR count). The highest BCUT2D eigenvalue weighted by Gasteiger charge is 2.24. The Kier molecular flexibility index (Phi) is 7.56. The molecule has 11 heteroatoms. The molecule has 0 bridgehead atoms. The number of esters is 1. The van der Waals surface area contributed by atoms with Crippen molar-refractivity contribution in [1.29, 1.82) is 0 Å². The van der Waals surface area contributed by atoms with Crippen molar-refractivity contribution in [2.75, 3.05) is 20.2 Å². The minimum atomic E-state index is -3.95. The van der Waals surface area contributed by atoms with Crippen LogP contribution >= 0.6 is 0 Å². The van der Waals surface area contributed by atoms with E-state index in [-0.39, 0.29) is 29.0 Å². The highest BCUT2D eigenvalue weighted by atomic mass is 32.2. The average Bonchev–Trinajstić information content (AvgIpc) is 3.27. The molecule has 0 atom stereocenters. The molecule has 33 heavy (non-hydrogen) atoms. The van der Waals surface area contributed by atoms with Crippen LogP contribution in [0.25, 0.3) is 11.4 Å². The molecular weight excluding hydrogens is 450 g/mol. The lowest BCUT2D eigenvalue weighted by atomic mass is 10.2. The van der Waals surface area contributed by atoms with E-state index in [0.717, 1.165) is 4.31 Å². The van der Waals surface area contributed by atoms with Crippen molar-refractivity contribution in [2.45, 2.75) is 25.3 Å². The fraction of sp³-hybridized carbons (Fsp3) is 0.273. The van der Waals surface area contributed by atoms with Gasteiger partial charge in [0.2, 0.25) is 15.8 Å². The molecule has 0 radical (unpaired) electrons. The molecule has 174 valence electrons. The number of para-hydroxylation sites is 1. The summed E-state index contributed by atoms with van der Waals surface area (Å²) in [5.41, 5.74) is 1.01. The number of Topliss-reactive ketones (excluding diaryl/α,β-unsaturated/α-hetero) is 1. The van der Waals surface area contributed by atoms with Gasteiger partial charge in [-0.1, -0.05) is 29.4 Å². The highest BCUT2D eigenvalue weighted by molar-refractivity contribution is 7.89. The molecule has 1 aromatic heterocycles. The maximum absolute atomic E-state index is 12.6. The Hall–Kier alpha value is -3.57. The molecule has 0 N–H and O–H groups in total. The van der Waals surface area contributed by atoms with Crippen molar-refractivity contribution in [2.24, 2.45) is 0 Å². The van der Waals surface area contributed by atoms with Gasteiger partial charge in [0.1, 0.15) is 12.3 Å². The number of aromatic nitrogens is 2. The lowest BCUT2D eigenvalue weighted by Crippen LogP contribution is -2.33. The number of ketones is 1. The summed E-state index contributed by atoms with van der Waals surface area (Å²) in [6.45, 7) is 2.87. The van der Waals surface area contributed by atoms with Gasteiger partial charge in [0.15, 0.2) is 12.4 Å². The third-order valence-corrected chi connectivity index (χ3v) is 6.39. The average molecular weight is 474 g/mol. The summed E-state index contributed by atoms with van der Waals surface area (Å²) in [7, 11) is -2.69. The molecule has 10 nitrogen and oxygen atoms in total. The molecule has 0 saturated heterocycles. The van der Waals surface area contributed by atoms with Crippen LogP contribution < -0.4 is 4.74 Å². The molecule has 1 heterocycles. The van der Waals surface area contributed by atoms with Crippen LogP contribution in [0.1, 0.15) is 30.1 Å². The zero-order valence-corrected chi connectivity index (χ0v) is 19.2. The molecule has 0 spiro atoms. The van der Waals surface area contributed by atoms with Crippen molar-refractivity contribution in [3.05, 3.63) is 60.0 Å². The Morgan fingerprint density at radius 2 is 1.79 bits per heavy atom. The molecule has 0 aliphatic carbocycles. The first-order valence-electron chi connectivity index (χ1n) is 10.00. The lowest BCUT2D eigenvalue weighted by molar-refractivity contribution is -0.145. The molecule has 0 aliphatic heterocycles. The highest BCUT2D eigenvalue weighted by Crippen LogP contribution is 2.27. The van der Waals surface area contributed by atoms with Crippen molar-refractivity contribution in [1.82, 2.24) is 14.4 Å². The Balaban J connectivity index is 1.60. The number of benzene rings is 2. The van der Waals surface area contributed by atoms with Crippen molar-refractivity contribution < 1.29 is 32.0 Å². The number of hydrogen-bond acceptors (Lipinski definition) is 9. The van der Waals surface area contributed by atoms with Gasteiger partial charge in [0.05, 0.1) is 17.1 Å². The van der Waals surface area contributed by atoms with Crippen LogP contribution in [0, 0.1) is 0 Å². The predicted molar refractivity (Wildman–Crippen MR) is 117 cm³/mol. The van der Waals surface area contributed by atoms with E-state index in [1.165, 1.54) is 38.2 Å². The van der Waals surface area contributed by atoms with Crippen molar-refractivity contribution in [3.8, 4) is 17.1 Å². The van der Waals surface area contributed by atoms with Crippen LogP contribution in [-0.4, -0.2) is 54.8 Å². The fourth-order valence-electron chi connectivity index (χ4n) is 2.85. The minimum absolute atomic E-state index is 0.0442. The largest absolute Gasteiger partial charge is 0.493 e. The van der Waals surface area contributed by atoms with Crippen LogP contribution in [-0.2, 0) is 26.2 Å². The first kappa shape index (κ1) is 24.1. The molecule has 0 amide bonds. The van der Waals surface area contributed by atoms with Gasteiger partial charge in [-0.2, -0.15) is 9.29 Å². The standard InChI is InChI=1S/C22H23N3O7S/c1-4-30-19-8-6-5-7-18(19)22-23-20(32-24-22)14-31-21(27)13-25(3)33(28,29)17-11-9-16(10-12-17)15(2)26/h5-12H,4,13-14H2,1-3H3. The number of sulfonamides is 1. The Morgan fingerprint density at radius 3 is 2.45 bits per heavy atom. The van der Waals surface area contributed by atoms with E-state index < -0.39 is 22.5 Å². The number of rotatable bonds is 10.